The van der Waals surface area contributed by atoms with E-state index in [1.54, 1.807) is 18.0 Å². The molecule has 9 rings (SSSR count). The van der Waals surface area contributed by atoms with Crippen molar-refractivity contribution in [2.24, 2.45) is 11.3 Å². The molecule has 5 aliphatic carbocycles. The van der Waals surface area contributed by atoms with E-state index in [0.717, 1.165) is 43.7 Å². The number of rotatable bonds is 8. The van der Waals surface area contributed by atoms with E-state index in [2.05, 4.69) is 20.2 Å². The minimum absolute atomic E-state index is 0.000661. The number of amides is 2. The van der Waals surface area contributed by atoms with Gasteiger partial charge >= 0.3 is 0 Å². The molecule has 0 unspecified atom stereocenters. The topological polar surface area (TPSA) is 150 Å². The third kappa shape index (κ3) is 4.59. The van der Waals surface area contributed by atoms with Gasteiger partial charge in [-0.05, 0) is 69.6 Å². The molecule has 2 bridgehead atoms. The maximum absolute atomic E-state index is 14.5. The highest BCUT2D eigenvalue weighted by Gasteiger charge is 2.70. The molecule has 48 heavy (non-hydrogen) atoms. The van der Waals surface area contributed by atoms with Gasteiger partial charge in [0, 0.05) is 44.5 Å². The molecule has 5 saturated carbocycles. The normalized spacial score (nSPS) is 27.6. The SMILES string of the molecule is CCc1c(N2CCN(C(=O)c3ncnc(C)c3O)[C@H]3CC[C@@H]32)c(=O)c2nc(N(C)C)cnc2n1CC(=O)NC12CC(C3CCCC3)(C1)C2. The number of anilines is 2. The van der Waals surface area contributed by atoms with Crippen LogP contribution in [0.25, 0.3) is 11.2 Å². The highest BCUT2D eigenvalue weighted by molar-refractivity contribution is 5.95. The van der Waals surface area contributed by atoms with Crippen molar-refractivity contribution in [3.05, 3.63) is 39.8 Å². The summed E-state index contributed by atoms with van der Waals surface area (Å²) in [5.41, 5.74) is 2.44. The number of aromatic hydroxyl groups is 1. The summed E-state index contributed by atoms with van der Waals surface area (Å²) in [6, 6.07) is -0.240. The Hall–Kier alpha value is -4.29. The number of aryl methyl sites for hydroxylation is 1. The quantitative estimate of drug-likeness (QED) is 0.371. The third-order valence-corrected chi connectivity index (χ3v) is 12.2. The van der Waals surface area contributed by atoms with Gasteiger partial charge in [0.25, 0.3) is 5.91 Å². The lowest BCUT2D eigenvalue weighted by molar-refractivity contribution is -0.192. The molecule has 0 spiro atoms. The first kappa shape index (κ1) is 31.0. The number of hydrogen-bond acceptors (Lipinski definition) is 10. The van der Waals surface area contributed by atoms with Gasteiger partial charge in [-0.2, -0.15) is 0 Å². The molecule has 254 valence electrons. The maximum Gasteiger partial charge on any atom is 0.276 e. The standard InChI is InChI=1S/C35H45N9O4/c1-5-22-29(42-12-13-43(24-11-10-23(24)42)33(48)28-30(46)20(2)37-19-38-28)31(47)27-32(36-14-25(39-27)41(3)4)44(22)15-26(45)40-35-16-34(17-35,18-35)21-8-6-7-9-21/h14,19,21,23-24,46H,5-13,15-18H2,1-4H3,(H,40,45)/t23-,24-,34?,35?/m0/s1. The van der Waals surface area contributed by atoms with Gasteiger partial charge in [-0.1, -0.05) is 19.8 Å². The Labute approximate surface area is 279 Å². The van der Waals surface area contributed by atoms with Crippen molar-refractivity contribution >= 4 is 34.5 Å². The molecule has 2 atom stereocenters. The van der Waals surface area contributed by atoms with E-state index in [4.69, 9.17) is 9.97 Å². The summed E-state index contributed by atoms with van der Waals surface area (Å²) in [4.78, 5) is 65.2. The van der Waals surface area contributed by atoms with Crippen LogP contribution in [0.1, 0.15) is 86.6 Å². The predicted octanol–water partition coefficient (Wildman–Crippen LogP) is 2.95. The van der Waals surface area contributed by atoms with Crippen molar-refractivity contribution in [2.45, 2.75) is 102 Å². The fourth-order valence-corrected chi connectivity index (χ4v) is 9.74. The average molecular weight is 656 g/mol. The number of aromatic nitrogens is 5. The zero-order chi connectivity index (χ0) is 33.5. The van der Waals surface area contributed by atoms with Crippen LogP contribution in [0.5, 0.6) is 5.75 Å². The minimum atomic E-state index is -0.333. The molecule has 2 amide bonds. The van der Waals surface area contributed by atoms with E-state index in [-0.39, 0.29) is 58.4 Å². The summed E-state index contributed by atoms with van der Waals surface area (Å²) in [7, 11) is 3.72. The number of carbonyl (C=O) groups excluding carboxylic acids is 2. The van der Waals surface area contributed by atoms with Crippen LogP contribution in [0, 0.1) is 18.3 Å². The third-order valence-electron chi connectivity index (χ3n) is 12.2. The zero-order valence-corrected chi connectivity index (χ0v) is 28.3. The van der Waals surface area contributed by atoms with E-state index < -0.39 is 0 Å². The van der Waals surface area contributed by atoms with Crippen LogP contribution in [-0.4, -0.2) is 91.1 Å². The van der Waals surface area contributed by atoms with Crippen LogP contribution in [0.3, 0.4) is 0 Å². The molecule has 0 aromatic carbocycles. The number of piperazine rings is 1. The maximum atomic E-state index is 14.5. The summed E-state index contributed by atoms with van der Waals surface area (Å²) < 4.78 is 1.90. The molecule has 3 aromatic rings. The molecule has 6 fully saturated rings. The van der Waals surface area contributed by atoms with Gasteiger partial charge in [-0.25, -0.2) is 19.9 Å². The van der Waals surface area contributed by atoms with Crippen LogP contribution in [0.15, 0.2) is 17.3 Å². The van der Waals surface area contributed by atoms with Gasteiger partial charge in [0.2, 0.25) is 11.3 Å². The largest absolute Gasteiger partial charge is 0.504 e. The summed E-state index contributed by atoms with van der Waals surface area (Å²) in [6.45, 7) is 4.48. The Morgan fingerprint density at radius 2 is 1.77 bits per heavy atom. The van der Waals surface area contributed by atoms with Crippen molar-refractivity contribution in [3.8, 4) is 5.75 Å². The highest BCUT2D eigenvalue weighted by atomic mass is 16.3. The molecular formula is C35H45N9O4. The van der Waals surface area contributed by atoms with Crippen molar-refractivity contribution in [2.75, 3.05) is 37.0 Å². The number of nitrogens with zero attached hydrogens (tertiary/aromatic N) is 8. The van der Waals surface area contributed by atoms with Gasteiger partial charge in [-0.15, -0.1) is 0 Å². The summed E-state index contributed by atoms with van der Waals surface area (Å²) >= 11 is 0. The summed E-state index contributed by atoms with van der Waals surface area (Å²) in [5, 5.41) is 13.9. The van der Waals surface area contributed by atoms with E-state index in [1.165, 1.54) is 32.0 Å². The zero-order valence-electron chi connectivity index (χ0n) is 28.3. The van der Waals surface area contributed by atoms with Crippen molar-refractivity contribution in [1.82, 2.24) is 34.7 Å². The van der Waals surface area contributed by atoms with Gasteiger partial charge in [0.1, 0.15) is 24.4 Å². The average Bonchev–Trinajstić information content (AvgIpc) is 3.55. The second-order valence-electron chi connectivity index (χ2n) is 15.1. The molecule has 13 nitrogen and oxygen atoms in total. The van der Waals surface area contributed by atoms with Crippen LogP contribution in [-0.2, 0) is 17.8 Å². The molecule has 1 saturated heterocycles. The second kappa shape index (κ2) is 11.1. The second-order valence-corrected chi connectivity index (χ2v) is 15.1. The van der Waals surface area contributed by atoms with Crippen LogP contribution >= 0.6 is 0 Å². The van der Waals surface area contributed by atoms with Crippen LogP contribution in [0.4, 0.5) is 11.5 Å². The highest BCUT2D eigenvalue weighted by Crippen LogP contribution is 2.72. The van der Waals surface area contributed by atoms with Crippen molar-refractivity contribution in [1.29, 1.82) is 0 Å². The van der Waals surface area contributed by atoms with E-state index >= 15 is 0 Å². The number of hydrogen-bond donors (Lipinski definition) is 2. The van der Waals surface area contributed by atoms with Crippen molar-refractivity contribution in [3.63, 3.8) is 0 Å². The summed E-state index contributed by atoms with van der Waals surface area (Å²) in [5.74, 6) is 0.786. The number of fused-ring (bicyclic) bond motifs is 2. The molecule has 4 heterocycles. The Morgan fingerprint density at radius 1 is 1.04 bits per heavy atom. The Bertz CT molecular complexity index is 1860. The van der Waals surface area contributed by atoms with Gasteiger partial charge in [0.05, 0.1) is 17.9 Å². The first-order chi connectivity index (χ1) is 23.0. The number of nitrogens with one attached hydrogen (secondary N) is 1. The van der Waals surface area contributed by atoms with Crippen molar-refractivity contribution < 1.29 is 14.7 Å². The Morgan fingerprint density at radius 3 is 2.44 bits per heavy atom. The predicted molar refractivity (Wildman–Crippen MR) is 180 cm³/mol. The fourth-order valence-electron chi connectivity index (χ4n) is 9.74. The first-order valence-corrected chi connectivity index (χ1v) is 17.5. The van der Waals surface area contributed by atoms with E-state index in [0.29, 0.717) is 47.8 Å². The first-order valence-electron chi connectivity index (χ1n) is 17.5. The van der Waals surface area contributed by atoms with Crippen LogP contribution < -0.4 is 20.5 Å². The molecule has 0 radical (unpaired) electrons. The molecule has 2 N–H and O–H groups in total. The molecule has 3 aromatic heterocycles. The minimum Gasteiger partial charge on any atom is -0.504 e. The Kier molecular flexibility index (Phi) is 7.19. The van der Waals surface area contributed by atoms with Gasteiger partial charge in [0.15, 0.2) is 22.6 Å². The molecule has 6 aliphatic rings. The van der Waals surface area contributed by atoms with Crippen LogP contribution in [0.2, 0.25) is 0 Å². The van der Waals surface area contributed by atoms with Gasteiger partial charge in [-0.3, -0.25) is 14.4 Å². The monoisotopic (exact) mass is 655 g/mol. The van der Waals surface area contributed by atoms with Gasteiger partial charge < -0.3 is 29.7 Å². The molecular weight excluding hydrogens is 610 g/mol. The lowest BCUT2D eigenvalue weighted by atomic mass is 9.35. The number of pyridine rings is 1. The molecule has 13 heteroatoms. The lowest BCUT2D eigenvalue weighted by Crippen LogP contribution is -2.76. The Balaban J connectivity index is 1.11. The van der Waals surface area contributed by atoms with E-state index in [1.807, 2.05) is 30.5 Å². The van der Waals surface area contributed by atoms with E-state index in [9.17, 15) is 19.5 Å². The number of carbonyl (C=O) groups is 2. The summed E-state index contributed by atoms with van der Waals surface area (Å²) in [6.07, 6.45) is 13.6. The fraction of sp³-hybridized carbons (Fsp3) is 0.629. The molecule has 1 aliphatic heterocycles. The smallest absolute Gasteiger partial charge is 0.276 e. The lowest BCUT2D eigenvalue weighted by Gasteiger charge is -2.73.